The van der Waals surface area contributed by atoms with Gasteiger partial charge in [-0.15, -0.1) is 11.3 Å². The minimum atomic E-state index is -1.09. The van der Waals surface area contributed by atoms with Crippen LogP contribution in [0.4, 0.5) is 4.39 Å². The molecule has 19 heavy (non-hydrogen) atoms. The molecule has 2 rings (SSSR count). The van der Waals surface area contributed by atoms with E-state index in [2.05, 4.69) is 4.98 Å². The highest BCUT2D eigenvalue weighted by Crippen LogP contribution is 2.19. The van der Waals surface area contributed by atoms with Gasteiger partial charge in [-0.05, 0) is 23.8 Å². The fourth-order valence-electron chi connectivity index (χ4n) is 1.40. The molecular formula is C13H10FNO3S. The highest BCUT2D eigenvalue weighted by atomic mass is 32.1. The number of ether oxygens (including phenoxy) is 1. The first-order valence-electron chi connectivity index (χ1n) is 5.35. The van der Waals surface area contributed by atoms with Crippen molar-refractivity contribution in [3.05, 3.63) is 52.2 Å². The molecule has 0 saturated heterocycles. The first kappa shape index (κ1) is 13.2. The maximum Gasteiger partial charge on any atom is 0.328 e. The molecule has 0 saturated carbocycles. The Bertz CT molecular complexity index is 596. The maximum absolute atomic E-state index is 13.3. The van der Waals surface area contributed by atoms with E-state index < -0.39 is 11.8 Å². The summed E-state index contributed by atoms with van der Waals surface area (Å²) in [6, 6.07) is 4.04. The Balaban J connectivity index is 2.10. The molecule has 0 spiro atoms. The summed E-state index contributed by atoms with van der Waals surface area (Å²) in [6.07, 6.45) is 2.25. The number of nitrogens with zero attached hydrogens (tertiary/aromatic N) is 1. The minimum absolute atomic E-state index is 0.245. The van der Waals surface area contributed by atoms with Crippen molar-refractivity contribution in [2.45, 2.75) is 6.61 Å². The molecule has 0 fully saturated rings. The zero-order valence-corrected chi connectivity index (χ0v) is 10.6. The van der Waals surface area contributed by atoms with Crippen molar-refractivity contribution in [2.24, 2.45) is 0 Å². The zero-order valence-electron chi connectivity index (χ0n) is 9.75. The number of halogens is 1. The Hall–Kier alpha value is -2.21. The minimum Gasteiger partial charge on any atom is -0.487 e. The molecule has 0 bridgehead atoms. The van der Waals surface area contributed by atoms with Gasteiger partial charge < -0.3 is 9.84 Å². The Morgan fingerprint density at radius 3 is 3.00 bits per heavy atom. The van der Waals surface area contributed by atoms with Crippen LogP contribution >= 0.6 is 11.3 Å². The summed E-state index contributed by atoms with van der Waals surface area (Å²) in [5.74, 6) is -1.24. The summed E-state index contributed by atoms with van der Waals surface area (Å²) in [4.78, 5) is 14.4. The lowest BCUT2D eigenvalue weighted by Crippen LogP contribution is -1.96. The summed E-state index contributed by atoms with van der Waals surface area (Å²) in [5, 5.41) is 10.4. The largest absolute Gasteiger partial charge is 0.487 e. The maximum atomic E-state index is 13.3. The van der Waals surface area contributed by atoms with Crippen LogP contribution in [0.1, 0.15) is 11.3 Å². The molecule has 1 aromatic heterocycles. The van der Waals surface area contributed by atoms with Crippen molar-refractivity contribution in [3.8, 4) is 5.75 Å². The van der Waals surface area contributed by atoms with Gasteiger partial charge in [0.1, 0.15) is 18.2 Å². The van der Waals surface area contributed by atoms with Gasteiger partial charge in [-0.3, -0.25) is 0 Å². The summed E-state index contributed by atoms with van der Waals surface area (Å²) in [5.41, 5.74) is 2.87. The van der Waals surface area contributed by atoms with E-state index in [1.807, 2.05) is 5.38 Å². The van der Waals surface area contributed by atoms with Gasteiger partial charge in [0.05, 0.1) is 11.2 Å². The molecular weight excluding hydrogens is 269 g/mol. The fourth-order valence-corrected chi connectivity index (χ4v) is 1.94. The molecule has 0 aliphatic carbocycles. The van der Waals surface area contributed by atoms with Crippen LogP contribution in [0, 0.1) is 5.82 Å². The van der Waals surface area contributed by atoms with E-state index in [-0.39, 0.29) is 6.61 Å². The molecule has 0 radical (unpaired) electrons. The molecule has 1 heterocycles. The lowest BCUT2D eigenvalue weighted by Gasteiger charge is -2.05. The van der Waals surface area contributed by atoms with Gasteiger partial charge in [-0.25, -0.2) is 14.2 Å². The van der Waals surface area contributed by atoms with Gasteiger partial charge in [-0.2, -0.15) is 0 Å². The standard InChI is InChI=1S/C13H10FNO3S/c14-10-3-9(1-2-13(16)17)4-12(5-10)18-6-11-7-19-8-15-11/h1-5,7-8H,6H2,(H,16,17)/b2-1+. The van der Waals surface area contributed by atoms with E-state index in [1.54, 1.807) is 11.6 Å². The van der Waals surface area contributed by atoms with Crippen LogP contribution in [0.15, 0.2) is 35.2 Å². The second kappa shape index (κ2) is 6.10. The zero-order chi connectivity index (χ0) is 13.7. The van der Waals surface area contributed by atoms with E-state index in [0.717, 1.165) is 11.8 Å². The van der Waals surface area contributed by atoms with E-state index in [4.69, 9.17) is 9.84 Å². The first-order valence-corrected chi connectivity index (χ1v) is 6.29. The lowest BCUT2D eigenvalue weighted by atomic mass is 10.2. The van der Waals surface area contributed by atoms with E-state index >= 15 is 0 Å². The van der Waals surface area contributed by atoms with E-state index in [9.17, 15) is 9.18 Å². The predicted molar refractivity (Wildman–Crippen MR) is 69.5 cm³/mol. The number of aromatic nitrogens is 1. The van der Waals surface area contributed by atoms with Gasteiger partial charge in [0.15, 0.2) is 0 Å². The summed E-state index contributed by atoms with van der Waals surface area (Å²) in [7, 11) is 0. The van der Waals surface area contributed by atoms with Crippen LogP contribution in [0.2, 0.25) is 0 Å². The van der Waals surface area contributed by atoms with Crippen molar-refractivity contribution in [1.29, 1.82) is 0 Å². The van der Waals surface area contributed by atoms with Crippen molar-refractivity contribution in [1.82, 2.24) is 4.98 Å². The molecule has 1 aromatic carbocycles. The van der Waals surface area contributed by atoms with Crippen LogP contribution in [0.5, 0.6) is 5.75 Å². The number of carboxylic acids is 1. The quantitative estimate of drug-likeness (QED) is 0.855. The normalized spacial score (nSPS) is 10.8. The van der Waals surface area contributed by atoms with Gasteiger partial charge >= 0.3 is 5.97 Å². The third-order valence-electron chi connectivity index (χ3n) is 2.18. The number of aliphatic carboxylic acids is 1. The predicted octanol–water partition coefficient (Wildman–Crippen LogP) is 2.96. The van der Waals surface area contributed by atoms with Gasteiger partial charge in [0.2, 0.25) is 0 Å². The SMILES string of the molecule is O=C(O)/C=C/c1cc(F)cc(OCc2cscn2)c1. The molecule has 0 aliphatic heterocycles. The molecule has 6 heteroatoms. The summed E-state index contributed by atoms with van der Waals surface area (Å²) in [6.45, 7) is 0.245. The second-order valence-corrected chi connectivity index (χ2v) is 4.38. The van der Waals surface area contributed by atoms with Crippen LogP contribution in [0.25, 0.3) is 6.08 Å². The molecule has 0 unspecified atom stereocenters. The average molecular weight is 279 g/mol. The van der Waals surface area contributed by atoms with Gasteiger partial charge in [0, 0.05) is 17.5 Å². The second-order valence-electron chi connectivity index (χ2n) is 3.66. The molecule has 98 valence electrons. The fraction of sp³-hybridized carbons (Fsp3) is 0.0769. The van der Waals surface area contributed by atoms with Crippen molar-refractivity contribution in [2.75, 3.05) is 0 Å². The van der Waals surface area contributed by atoms with Crippen LogP contribution < -0.4 is 4.74 Å². The number of rotatable bonds is 5. The van der Waals surface area contributed by atoms with Crippen LogP contribution in [-0.4, -0.2) is 16.1 Å². The number of carbonyl (C=O) groups is 1. The van der Waals surface area contributed by atoms with Gasteiger partial charge in [0.25, 0.3) is 0 Å². The monoisotopic (exact) mass is 279 g/mol. The number of carboxylic acid groups (broad SMARTS) is 1. The molecule has 0 amide bonds. The van der Waals surface area contributed by atoms with Crippen LogP contribution in [-0.2, 0) is 11.4 Å². The first-order chi connectivity index (χ1) is 9.13. The molecule has 0 aliphatic rings. The highest BCUT2D eigenvalue weighted by molar-refractivity contribution is 7.07. The Kier molecular flexibility index (Phi) is 4.25. The van der Waals surface area contributed by atoms with Crippen LogP contribution in [0.3, 0.4) is 0 Å². The Morgan fingerprint density at radius 1 is 1.47 bits per heavy atom. The average Bonchev–Trinajstić information content (AvgIpc) is 2.86. The lowest BCUT2D eigenvalue weighted by molar-refractivity contribution is -0.131. The number of thiazole rings is 1. The molecule has 0 atom stereocenters. The third-order valence-corrected chi connectivity index (χ3v) is 2.82. The summed E-state index contributed by atoms with van der Waals surface area (Å²) < 4.78 is 18.7. The van der Waals surface area contributed by atoms with Crippen molar-refractivity contribution < 1.29 is 19.0 Å². The summed E-state index contributed by atoms with van der Waals surface area (Å²) >= 11 is 1.45. The highest BCUT2D eigenvalue weighted by Gasteiger charge is 2.02. The molecule has 1 N–H and O–H groups in total. The van der Waals surface area contributed by atoms with E-state index in [1.165, 1.54) is 29.5 Å². The van der Waals surface area contributed by atoms with E-state index in [0.29, 0.717) is 11.3 Å². The number of hydrogen-bond donors (Lipinski definition) is 1. The Labute approximate surface area is 112 Å². The van der Waals surface area contributed by atoms with Crippen molar-refractivity contribution in [3.63, 3.8) is 0 Å². The smallest absolute Gasteiger partial charge is 0.328 e. The van der Waals surface area contributed by atoms with Gasteiger partial charge in [-0.1, -0.05) is 0 Å². The Morgan fingerprint density at radius 2 is 2.32 bits per heavy atom. The molecule has 4 nitrogen and oxygen atoms in total. The molecule has 2 aromatic rings. The topological polar surface area (TPSA) is 59.4 Å². The third kappa shape index (κ3) is 4.18. The number of benzene rings is 1. The number of hydrogen-bond acceptors (Lipinski definition) is 4. The van der Waals surface area contributed by atoms with Crippen molar-refractivity contribution >= 4 is 23.4 Å².